The summed E-state index contributed by atoms with van der Waals surface area (Å²) in [4.78, 5) is 20.5. The molecule has 3 rings (SSSR count). The summed E-state index contributed by atoms with van der Waals surface area (Å²) in [6, 6.07) is 11.4. The number of nitrogens with two attached hydrogens (primary N) is 1. The fourth-order valence-electron chi connectivity index (χ4n) is 3.24. The third-order valence-corrected chi connectivity index (χ3v) is 6.00. The van der Waals surface area contributed by atoms with E-state index in [-0.39, 0.29) is 17.8 Å². The Bertz CT molecular complexity index is 1050. The second-order valence-electron chi connectivity index (χ2n) is 7.12. The van der Waals surface area contributed by atoms with Crippen LogP contribution < -0.4 is 15.2 Å². The lowest BCUT2D eigenvalue weighted by Gasteiger charge is -2.28. The molecule has 8 heteroatoms. The molecule has 0 aliphatic carbocycles. The second kappa shape index (κ2) is 9.89. The predicted octanol–water partition coefficient (Wildman–Crippen LogP) is 4.26. The summed E-state index contributed by atoms with van der Waals surface area (Å²) in [6.45, 7) is 4.37. The van der Waals surface area contributed by atoms with Gasteiger partial charge in [0.25, 0.3) is 5.91 Å². The molecular formula is C23H26FN3O3S. The Morgan fingerprint density at radius 3 is 2.45 bits per heavy atom. The van der Waals surface area contributed by atoms with E-state index in [1.165, 1.54) is 23.5 Å². The molecule has 0 bridgehead atoms. The number of hydrogen-bond donors (Lipinski definition) is 1. The van der Waals surface area contributed by atoms with Crippen LogP contribution in [0.25, 0.3) is 10.4 Å². The van der Waals surface area contributed by atoms with Gasteiger partial charge in [0.2, 0.25) is 0 Å². The van der Waals surface area contributed by atoms with Gasteiger partial charge >= 0.3 is 0 Å². The van der Waals surface area contributed by atoms with Crippen LogP contribution in [-0.2, 0) is 6.54 Å². The molecule has 0 radical (unpaired) electrons. The lowest BCUT2D eigenvalue weighted by atomic mass is 10.1. The lowest BCUT2D eigenvalue weighted by molar-refractivity contribution is 0.0677. The molecule has 2 aromatic carbocycles. The number of methoxy groups -OCH3 is 2. The van der Waals surface area contributed by atoms with Crippen molar-refractivity contribution in [2.45, 2.75) is 26.4 Å². The van der Waals surface area contributed by atoms with Gasteiger partial charge in [0.15, 0.2) is 11.5 Å². The number of rotatable bonds is 8. The number of aryl methyl sites for hydroxylation is 1. The molecule has 0 spiro atoms. The standard InChI is InChI=1S/C23H26FN3O3S/c1-14(12-25)27(13-16-5-10-19(29-3)20(11-16)30-4)23(28)21-22(31-15(2)26-21)17-6-8-18(24)9-7-17/h5-11,14H,12-13,25H2,1-4H3. The molecule has 31 heavy (non-hydrogen) atoms. The zero-order chi connectivity index (χ0) is 22.5. The van der Waals surface area contributed by atoms with E-state index in [1.54, 1.807) is 37.3 Å². The summed E-state index contributed by atoms with van der Waals surface area (Å²) in [6.07, 6.45) is 0. The number of amides is 1. The summed E-state index contributed by atoms with van der Waals surface area (Å²) in [7, 11) is 3.14. The Labute approximate surface area is 185 Å². The Kier molecular flexibility index (Phi) is 7.25. The van der Waals surface area contributed by atoms with Gasteiger partial charge in [-0.05, 0) is 49.2 Å². The Morgan fingerprint density at radius 2 is 1.84 bits per heavy atom. The quantitative estimate of drug-likeness (QED) is 0.563. The van der Waals surface area contributed by atoms with Crippen molar-refractivity contribution in [3.05, 3.63) is 64.5 Å². The average molecular weight is 444 g/mol. The molecule has 1 amide bonds. The molecular weight excluding hydrogens is 417 g/mol. The van der Waals surface area contributed by atoms with E-state index in [1.807, 2.05) is 26.0 Å². The highest BCUT2D eigenvalue weighted by Gasteiger charge is 2.27. The van der Waals surface area contributed by atoms with Crippen molar-refractivity contribution in [1.29, 1.82) is 0 Å². The Morgan fingerprint density at radius 1 is 1.16 bits per heavy atom. The molecule has 1 heterocycles. The smallest absolute Gasteiger partial charge is 0.274 e. The molecule has 6 nitrogen and oxygen atoms in total. The molecule has 164 valence electrons. The van der Waals surface area contributed by atoms with E-state index in [4.69, 9.17) is 15.2 Å². The molecule has 0 aliphatic rings. The number of halogens is 1. The van der Waals surface area contributed by atoms with Crippen molar-refractivity contribution in [1.82, 2.24) is 9.88 Å². The SMILES string of the molecule is COc1ccc(CN(C(=O)c2nc(C)sc2-c2ccc(F)cc2)C(C)CN)cc1OC. The third-order valence-electron chi connectivity index (χ3n) is 4.98. The van der Waals surface area contributed by atoms with Crippen LogP contribution >= 0.6 is 11.3 Å². The first-order chi connectivity index (χ1) is 14.9. The van der Waals surface area contributed by atoms with Crippen LogP contribution in [-0.4, -0.2) is 42.6 Å². The van der Waals surface area contributed by atoms with E-state index in [0.29, 0.717) is 35.2 Å². The van der Waals surface area contributed by atoms with Crippen molar-refractivity contribution < 1.29 is 18.7 Å². The highest BCUT2D eigenvalue weighted by Crippen LogP contribution is 2.33. The minimum atomic E-state index is -0.329. The van der Waals surface area contributed by atoms with Gasteiger partial charge in [0, 0.05) is 19.1 Å². The first kappa shape index (κ1) is 22.7. The second-order valence-corrected chi connectivity index (χ2v) is 8.33. The summed E-state index contributed by atoms with van der Waals surface area (Å²) in [5.74, 6) is 0.648. The van der Waals surface area contributed by atoms with E-state index in [0.717, 1.165) is 16.1 Å². The van der Waals surface area contributed by atoms with Crippen molar-refractivity contribution in [2.24, 2.45) is 5.73 Å². The third kappa shape index (κ3) is 5.03. The van der Waals surface area contributed by atoms with Crippen molar-refractivity contribution in [3.8, 4) is 21.9 Å². The number of carbonyl (C=O) groups is 1. The summed E-state index contributed by atoms with van der Waals surface area (Å²) in [5.41, 5.74) is 7.89. The van der Waals surface area contributed by atoms with E-state index < -0.39 is 0 Å². The Balaban J connectivity index is 1.97. The molecule has 1 unspecified atom stereocenters. The zero-order valence-corrected chi connectivity index (χ0v) is 18.8. The average Bonchev–Trinajstić information content (AvgIpc) is 3.18. The van der Waals surface area contributed by atoms with Crippen LogP contribution in [0.1, 0.15) is 28.0 Å². The zero-order valence-electron chi connectivity index (χ0n) is 18.0. The Hall–Kier alpha value is -2.97. The van der Waals surface area contributed by atoms with Crippen LogP contribution in [0.2, 0.25) is 0 Å². The molecule has 3 aromatic rings. The van der Waals surface area contributed by atoms with E-state index in [2.05, 4.69) is 4.98 Å². The summed E-state index contributed by atoms with van der Waals surface area (Å²) >= 11 is 1.41. The van der Waals surface area contributed by atoms with Crippen LogP contribution in [0.5, 0.6) is 11.5 Å². The van der Waals surface area contributed by atoms with Gasteiger partial charge in [-0.15, -0.1) is 11.3 Å². The normalized spacial score (nSPS) is 11.8. The number of benzene rings is 2. The molecule has 2 N–H and O–H groups in total. The first-order valence-corrected chi connectivity index (χ1v) is 10.6. The molecule has 0 fully saturated rings. The molecule has 1 aromatic heterocycles. The maximum absolute atomic E-state index is 13.6. The number of nitrogens with zero attached hydrogens (tertiary/aromatic N) is 2. The number of ether oxygens (including phenoxy) is 2. The fraction of sp³-hybridized carbons (Fsp3) is 0.304. The number of hydrogen-bond acceptors (Lipinski definition) is 6. The van der Waals surface area contributed by atoms with Gasteiger partial charge in [0.05, 0.1) is 24.1 Å². The van der Waals surface area contributed by atoms with E-state index in [9.17, 15) is 9.18 Å². The minimum absolute atomic E-state index is 0.219. The maximum Gasteiger partial charge on any atom is 0.274 e. The maximum atomic E-state index is 13.6. The molecule has 0 aliphatic heterocycles. The summed E-state index contributed by atoms with van der Waals surface area (Å²) < 4.78 is 24.1. The number of carbonyl (C=O) groups excluding carboxylic acids is 1. The van der Waals surface area contributed by atoms with Crippen molar-refractivity contribution >= 4 is 17.2 Å². The fourth-order valence-corrected chi connectivity index (χ4v) is 4.15. The summed E-state index contributed by atoms with van der Waals surface area (Å²) in [5, 5.41) is 0.758. The minimum Gasteiger partial charge on any atom is -0.493 e. The van der Waals surface area contributed by atoms with E-state index >= 15 is 0 Å². The van der Waals surface area contributed by atoms with Gasteiger partial charge in [0.1, 0.15) is 11.5 Å². The lowest BCUT2D eigenvalue weighted by Crippen LogP contribution is -2.42. The van der Waals surface area contributed by atoms with Gasteiger partial charge < -0.3 is 20.1 Å². The first-order valence-electron chi connectivity index (χ1n) is 9.83. The molecule has 0 saturated carbocycles. The topological polar surface area (TPSA) is 77.7 Å². The number of thiazole rings is 1. The predicted molar refractivity (Wildman–Crippen MR) is 120 cm³/mol. The monoisotopic (exact) mass is 443 g/mol. The van der Waals surface area contributed by atoms with Crippen LogP contribution in [0, 0.1) is 12.7 Å². The van der Waals surface area contributed by atoms with Crippen LogP contribution in [0.15, 0.2) is 42.5 Å². The van der Waals surface area contributed by atoms with Crippen LogP contribution in [0.4, 0.5) is 4.39 Å². The van der Waals surface area contributed by atoms with Gasteiger partial charge in [-0.25, -0.2) is 9.37 Å². The van der Waals surface area contributed by atoms with Crippen molar-refractivity contribution in [3.63, 3.8) is 0 Å². The van der Waals surface area contributed by atoms with Gasteiger partial charge in [-0.3, -0.25) is 4.79 Å². The largest absolute Gasteiger partial charge is 0.493 e. The van der Waals surface area contributed by atoms with Crippen LogP contribution in [0.3, 0.4) is 0 Å². The van der Waals surface area contributed by atoms with Crippen molar-refractivity contribution in [2.75, 3.05) is 20.8 Å². The highest BCUT2D eigenvalue weighted by atomic mass is 32.1. The highest BCUT2D eigenvalue weighted by molar-refractivity contribution is 7.15. The van der Waals surface area contributed by atoms with Gasteiger partial charge in [-0.1, -0.05) is 18.2 Å². The number of aromatic nitrogens is 1. The molecule has 0 saturated heterocycles. The van der Waals surface area contributed by atoms with Gasteiger partial charge in [-0.2, -0.15) is 0 Å². The molecule has 1 atom stereocenters.